The number of carbonyl (C=O) groups excluding carboxylic acids is 2. The number of aliphatic hydroxyl groups is 1. The fourth-order valence-electron chi connectivity index (χ4n) is 2.62. The summed E-state index contributed by atoms with van der Waals surface area (Å²) in [6.07, 6.45) is 0. The first-order valence-corrected chi connectivity index (χ1v) is 8.41. The molecule has 0 unspecified atom stereocenters. The van der Waals surface area contributed by atoms with E-state index in [9.17, 15) is 14.8 Å². The minimum atomic E-state index is -0.877. The van der Waals surface area contributed by atoms with Crippen LogP contribution in [0.1, 0.15) is 20.8 Å². The van der Waals surface area contributed by atoms with E-state index in [1.807, 2.05) is 14.1 Å². The van der Waals surface area contributed by atoms with Gasteiger partial charge in [0.25, 0.3) is 11.6 Å². The SMILES string of the molecule is C[N+](C)(CCO)CCNC(=O)c1c(C(N)=O)cc2cc(Cl)ccc2[n+]1[O-]. The molecule has 0 radical (unpaired) electrons. The standard InChI is InChI=1S/C17H21ClN4O4/c1-22(2,7-8-23)6-5-20-17(25)15-13(16(19)24)10-11-9-12(18)3-4-14(11)21(15)26/h3-4,9-10,23H,5-8H2,1-2H3,(H2-,19,20,24,25)/p+1. The Morgan fingerprint density at radius 2 is 2.00 bits per heavy atom. The third-order valence-electron chi connectivity index (χ3n) is 4.15. The van der Waals surface area contributed by atoms with Crippen molar-refractivity contribution in [3.05, 3.63) is 45.8 Å². The van der Waals surface area contributed by atoms with Crippen LogP contribution in [0, 0.1) is 5.21 Å². The zero-order valence-corrected chi connectivity index (χ0v) is 15.4. The van der Waals surface area contributed by atoms with Crippen LogP contribution in [0.25, 0.3) is 10.9 Å². The van der Waals surface area contributed by atoms with Gasteiger partial charge in [-0.25, -0.2) is 0 Å². The minimum Gasteiger partial charge on any atom is -0.618 e. The number of quaternary nitrogens is 1. The highest BCUT2D eigenvalue weighted by molar-refractivity contribution is 6.31. The van der Waals surface area contributed by atoms with Gasteiger partial charge < -0.3 is 25.8 Å². The number of nitrogens with one attached hydrogen (secondary N) is 1. The van der Waals surface area contributed by atoms with Gasteiger partial charge in [-0.2, -0.15) is 4.73 Å². The van der Waals surface area contributed by atoms with E-state index >= 15 is 0 Å². The lowest BCUT2D eigenvalue weighted by Gasteiger charge is -2.28. The summed E-state index contributed by atoms with van der Waals surface area (Å²) in [5, 5.41) is 25.1. The molecule has 1 aromatic heterocycles. The van der Waals surface area contributed by atoms with Gasteiger partial charge in [-0.1, -0.05) is 11.6 Å². The van der Waals surface area contributed by atoms with Crippen molar-refractivity contribution in [1.82, 2.24) is 5.32 Å². The molecule has 0 saturated carbocycles. The van der Waals surface area contributed by atoms with Crippen molar-refractivity contribution in [2.24, 2.45) is 5.73 Å². The number of carbonyl (C=O) groups is 2. The van der Waals surface area contributed by atoms with Crippen LogP contribution in [0.3, 0.4) is 0 Å². The van der Waals surface area contributed by atoms with Gasteiger partial charge in [0.1, 0.15) is 12.1 Å². The van der Waals surface area contributed by atoms with E-state index in [2.05, 4.69) is 5.32 Å². The summed E-state index contributed by atoms with van der Waals surface area (Å²) in [6.45, 7) is 1.37. The molecule has 0 saturated heterocycles. The van der Waals surface area contributed by atoms with Crippen molar-refractivity contribution >= 4 is 34.3 Å². The third kappa shape index (κ3) is 4.40. The highest BCUT2D eigenvalue weighted by atomic mass is 35.5. The number of aromatic nitrogens is 1. The Morgan fingerprint density at radius 1 is 1.31 bits per heavy atom. The molecule has 140 valence electrons. The largest absolute Gasteiger partial charge is 0.618 e. The number of amides is 2. The lowest BCUT2D eigenvalue weighted by atomic mass is 10.1. The number of benzene rings is 1. The number of fused-ring (bicyclic) bond motifs is 1. The van der Waals surface area contributed by atoms with Crippen LogP contribution in [0.4, 0.5) is 0 Å². The Balaban J connectivity index is 2.34. The fraction of sp³-hybridized carbons (Fsp3) is 0.353. The minimum absolute atomic E-state index is 0.0283. The summed E-state index contributed by atoms with van der Waals surface area (Å²) in [7, 11) is 3.81. The molecule has 0 fully saturated rings. The Morgan fingerprint density at radius 3 is 2.62 bits per heavy atom. The van der Waals surface area contributed by atoms with Crippen LogP contribution in [0.15, 0.2) is 24.3 Å². The second-order valence-corrected chi connectivity index (χ2v) is 7.07. The summed E-state index contributed by atoms with van der Waals surface area (Å²) in [6, 6.07) is 5.92. The molecule has 2 rings (SSSR count). The van der Waals surface area contributed by atoms with Gasteiger partial charge in [0.15, 0.2) is 0 Å². The molecule has 0 atom stereocenters. The van der Waals surface area contributed by atoms with E-state index in [-0.39, 0.29) is 29.9 Å². The number of likely N-dealkylation sites (N-methyl/N-ethyl adjacent to an activating group) is 1. The van der Waals surface area contributed by atoms with Crippen LogP contribution in [-0.4, -0.2) is 61.7 Å². The molecule has 0 aliphatic rings. The van der Waals surface area contributed by atoms with Gasteiger partial charge in [0, 0.05) is 16.5 Å². The van der Waals surface area contributed by atoms with Gasteiger partial charge in [-0.15, -0.1) is 0 Å². The molecule has 1 heterocycles. The summed E-state index contributed by atoms with van der Waals surface area (Å²) < 4.78 is 0.891. The van der Waals surface area contributed by atoms with E-state index in [0.29, 0.717) is 32.7 Å². The number of pyridine rings is 1. The lowest BCUT2D eigenvalue weighted by molar-refractivity contribution is -0.889. The first kappa shape index (κ1) is 19.9. The fourth-order valence-corrected chi connectivity index (χ4v) is 2.80. The molecule has 9 heteroatoms. The van der Waals surface area contributed by atoms with Gasteiger partial charge in [-0.05, 0) is 18.2 Å². The number of hydrogen-bond acceptors (Lipinski definition) is 4. The quantitative estimate of drug-likeness (QED) is 0.356. The number of rotatable bonds is 7. The summed E-state index contributed by atoms with van der Waals surface area (Å²) in [5.74, 6) is -1.56. The van der Waals surface area contributed by atoms with E-state index in [1.165, 1.54) is 24.3 Å². The molecule has 8 nitrogen and oxygen atoms in total. The maximum absolute atomic E-state index is 12.6. The second kappa shape index (κ2) is 7.86. The zero-order valence-electron chi connectivity index (χ0n) is 14.7. The van der Waals surface area contributed by atoms with Gasteiger partial charge in [0.05, 0.1) is 33.8 Å². The summed E-state index contributed by atoms with van der Waals surface area (Å²) >= 11 is 5.92. The molecular weight excluding hydrogens is 360 g/mol. The monoisotopic (exact) mass is 381 g/mol. The van der Waals surface area contributed by atoms with Gasteiger partial charge in [-0.3, -0.25) is 9.59 Å². The molecule has 2 amide bonds. The van der Waals surface area contributed by atoms with Crippen LogP contribution in [0.2, 0.25) is 5.02 Å². The molecule has 0 aliphatic heterocycles. The van der Waals surface area contributed by atoms with Crippen LogP contribution in [0.5, 0.6) is 0 Å². The topological polar surface area (TPSA) is 119 Å². The molecule has 26 heavy (non-hydrogen) atoms. The Hall–Kier alpha value is -2.42. The van der Waals surface area contributed by atoms with Crippen LogP contribution < -0.4 is 15.8 Å². The van der Waals surface area contributed by atoms with Crippen molar-refractivity contribution < 1.29 is 23.9 Å². The Kier molecular flexibility index (Phi) is 6.01. The lowest BCUT2D eigenvalue weighted by Crippen LogP contribution is -2.49. The number of primary amides is 1. The average molecular weight is 382 g/mol. The molecule has 0 spiro atoms. The van der Waals surface area contributed by atoms with Crippen molar-refractivity contribution in [2.75, 3.05) is 40.3 Å². The first-order chi connectivity index (χ1) is 12.2. The highest BCUT2D eigenvalue weighted by Gasteiger charge is 2.28. The second-order valence-electron chi connectivity index (χ2n) is 6.63. The van der Waals surface area contributed by atoms with Gasteiger partial charge in [0.2, 0.25) is 5.52 Å². The third-order valence-corrected chi connectivity index (χ3v) is 4.39. The maximum Gasteiger partial charge on any atom is 0.318 e. The van der Waals surface area contributed by atoms with E-state index < -0.39 is 11.8 Å². The average Bonchev–Trinajstić information content (AvgIpc) is 2.53. The van der Waals surface area contributed by atoms with Crippen molar-refractivity contribution in [3.63, 3.8) is 0 Å². The smallest absolute Gasteiger partial charge is 0.318 e. The van der Waals surface area contributed by atoms with Gasteiger partial charge >= 0.3 is 5.91 Å². The molecular formula is C17H22ClN4O4+. The Labute approximate surface area is 155 Å². The Bertz CT molecular complexity index is 854. The number of aliphatic hydroxyl groups excluding tert-OH is 1. The highest BCUT2D eigenvalue weighted by Crippen LogP contribution is 2.19. The normalized spacial score (nSPS) is 11.5. The van der Waals surface area contributed by atoms with E-state index in [1.54, 1.807) is 0 Å². The summed E-state index contributed by atoms with van der Waals surface area (Å²) in [5.41, 5.74) is 5.04. The molecule has 2 aromatic rings. The molecule has 1 aromatic carbocycles. The number of nitrogens with two attached hydrogens (primary N) is 1. The summed E-state index contributed by atoms with van der Waals surface area (Å²) in [4.78, 5) is 24.3. The van der Waals surface area contributed by atoms with Crippen LogP contribution >= 0.6 is 11.6 Å². The van der Waals surface area contributed by atoms with Crippen LogP contribution in [-0.2, 0) is 0 Å². The zero-order chi connectivity index (χ0) is 19.5. The van der Waals surface area contributed by atoms with Crippen molar-refractivity contribution in [3.8, 4) is 0 Å². The predicted molar refractivity (Wildman–Crippen MR) is 97.7 cm³/mol. The molecule has 4 N–H and O–H groups in total. The number of nitrogens with zero attached hydrogens (tertiary/aromatic N) is 2. The number of hydrogen-bond donors (Lipinski definition) is 3. The predicted octanol–water partition coefficient (Wildman–Crippen LogP) is 0.0240. The van der Waals surface area contributed by atoms with Crippen molar-refractivity contribution in [1.29, 1.82) is 0 Å². The molecule has 0 bridgehead atoms. The number of halogens is 1. The molecule has 0 aliphatic carbocycles. The maximum atomic E-state index is 12.6. The van der Waals surface area contributed by atoms with E-state index in [4.69, 9.17) is 22.4 Å². The van der Waals surface area contributed by atoms with E-state index in [0.717, 1.165) is 0 Å². The van der Waals surface area contributed by atoms with Crippen molar-refractivity contribution in [2.45, 2.75) is 0 Å². The first-order valence-electron chi connectivity index (χ1n) is 8.03.